The Kier molecular flexibility index (Phi) is 6.91. The fourth-order valence-electron chi connectivity index (χ4n) is 4.36. The van der Waals surface area contributed by atoms with Gasteiger partial charge in [0.05, 0.1) is 11.7 Å². The summed E-state index contributed by atoms with van der Waals surface area (Å²) in [6, 6.07) is 9.35. The van der Waals surface area contributed by atoms with E-state index >= 15 is 0 Å². The first kappa shape index (κ1) is 24.5. The maximum Gasteiger partial charge on any atom is 0.276 e. The van der Waals surface area contributed by atoms with E-state index in [0.717, 1.165) is 12.8 Å². The van der Waals surface area contributed by atoms with Crippen molar-refractivity contribution in [2.45, 2.75) is 36.9 Å². The number of β-lactam (4-membered cyclic amide) rings is 1. The highest BCUT2D eigenvalue weighted by Crippen LogP contribution is 2.40. The second-order valence-electron chi connectivity index (χ2n) is 8.69. The minimum absolute atomic E-state index is 0.128. The summed E-state index contributed by atoms with van der Waals surface area (Å²) < 4.78 is 1.82. The van der Waals surface area contributed by atoms with Crippen LogP contribution in [-0.2, 0) is 25.8 Å². The van der Waals surface area contributed by atoms with Crippen molar-refractivity contribution in [3.05, 3.63) is 77.9 Å². The Bertz CT molecular complexity index is 1330. The molecule has 2 aromatic heterocycles. The molecule has 190 valence electrons. The van der Waals surface area contributed by atoms with Crippen molar-refractivity contribution in [1.29, 1.82) is 0 Å². The maximum absolute atomic E-state index is 13.3. The van der Waals surface area contributed by atoms with Crippen LogP contribution in [0.2, 0.25) is 0 Å². The SMILES string of the molecule is Nc1cccc(C(=NOC2C=CCC2)C(=O)NC2C(=O)N3C(C(=O)[O-])=C(C[n+]4ccccc4)CS[C@H]23)n1. The fourth-order valence-corrected chi connectivity index (χ4v) is 5.70. The third-order valence-electron chi connectivity index (χ3n) is 6.15. The molecular weight excluding hydrogens is 496 g/mol. The van der Waals surface area contributed by atoms with Crippen molar-refractivity contribution in [2.75, 3.05) is 11.5 Å². The number of carboxylic acid groups (broad SMARTS) is 1. The number of nitrogen functional groups attached to an aromatic ring is 1. The summed E-state index contributed by atoms with van der Waals surface area (Å²) in [5.41, 5.74) is 6.26. The normalized spacial score (nSPS) is 22.9. The van der Waals surface area contributed by atoms with Gasteiger partial charge in [0.1, 0.15) is 29.0 Å². The number of carbonyl (C=O) groups is 3. The van der Waals surface area contributed by atoms with Crippen LogP contribution >= 0.6 is 11.8 Å². The van der Waals surface area contributed by atoms with Gasteiger partial charge >= 0.3 is 0 Å². The van der Waals surface area contributed by atoms with Crippen molar-refractivity contribution >= 4 is 41.1 Å². The molecule has 0 saturated carbocycles. The molecule has 0 spiro atoms. The van der Waals surface area contributed by atoms with Crippen molar-refractivity contribution in [2.24, 2.45) is 5.16 Å². The Labute approximate surface area is 216 Å². The van der Waals surface area contributed by atoms with Crippen molar-refractivity contribution in [3.63, 3.8) is 0 Å². The molecule has 12 heteroatoms. The Morgan fingerprint density at radius 2 is 2.08 bits per heavy atom. The lowest BCUT2D eigenvalue weighted by Gasteiger charge is -2.50. The zero-order valence-corrected chi connectivity index (χ0v) is 20.5. The minimum atomic E-state index is -1.43. The Morgan fingerprint density at radius 1 is 1.27 bits per heavy atom. The topological polar surface area (TPSA) is 154 Å². The number of nitrogens with zero attached hydrogens (tertiary/aromatic N) is 4. The molecule has 5 rings (SSSR count). The number of amides is 2. The van der Waals surface area contributed by atoms with Gasteiger partial charge in [-0.15, -0.1) is 11.8 Å². The van der Waals surface area contributed by atoms with Gasteiger partial charge in [-0.2, -0.15) is 0 Å². The highest BCUT2D eigenvalue weighted by atomic mass is 32.2. The molecule has 3 aliphatic rings. The van der Waals surface area contributed by atoms with Gasteiger partial charge in [0.25, 0.3) is 11.8 Å². The number of hydrogen-bond acceptors (Lipinski definition) is 9. The van der Waals surface area contributed by atoms with Gasteiger partial charge in [-0.1, -0.05) is 23.4 Å². The summed E-state index contributed by atoms with van der Waals surface area (Å²) in [6.07, 6.45) is 8.76. The molecule has 2 aromatic rings. The molecule has 2 unspecified atom stereocenters. The molecule has 11 nitrogen and oxygen atoms in total. The number of allylic oxidation sites excluding steroid dienone is 1. The van der Waals surface area contributed by atoms with Gasteiger partial charge < -0.3 is 25.8 Å². The first-order chi connectivity index (χ1) is 17.9. The van der Waals surface area contributed by atoms with Crippen molar-refractivity contribution < 1.29 is 28.9 Å². The molecule has 3 atom stereocenters. The predicted octanol–water partition coefficient (Wildman–Crippen LogP) is -0.505. The molecule has 0 bridgehead atoms. The molecule has 3 N–H and O–H groups in total. The van der Waals surface area contributed by atoms with E-state index in [-0.39, 0.29) is 29.0 Å². The minimum Gasteiger partial charge on any atom is -0.543 e. The van der Waals surface area contributed by atoms with E-state index in [1.165, 1.54) is 16.7 Å². The van der Waals surface area contributed by atoms with Crippen LogP contribution in [0.3, 0.4) is 0 Å². The third-order valence-corrected chi connectivity index (χ3v) is 7.49. The number of hydrogen-bond donors (Lipinski definition) is 2. The third kappa shape index (κ3) is 5.05. The highest BCUT2D eigenvalue weighted by Gasteiger charge is 2.53. The maximum atomic E-state index is 13.3. The van der Waals surface area contributed by atoms with E-state index in [1.807, 2.05) is 47.3 Å². The van der Waals surface area contributed by atoms with E-state index in [2.05, 4.69) is 15.5 Å². The lowest BCUT2D eigenvalue weighted by Crippen LogP contribution is -2.71. The van der Waals surface area contributed by atoms with Crippen LogP contribution in [0.5, 0.6) is 0 Å². The number of oxime groups is 1. The summed E-state index contributed by atoms with van der Waals surface area (Å²) in [7, 11) is 0. The predicted molar refractivity (Wildman–Crippen MR) is 132 cm³/mol. The molecule has 0 radical (unpaired) electrons. The summed E-state index contributed by atoms with van der Waals surface area (Å²) in [5, 5.41) is 18.2. The van der Waals surface area contributed by atoms with Gasteiger partial charge in [-0.3, -0.25) is 14.5 Å². The van der Waals surface area contributed by atoms with Gasteiger partial charge in [-0.25, -0.2) is 9.55 Å². The molecule has 4 heterocycles. The number of carboxylic acids is 1. The van der Waals surface area contributed by atoms with Gasteiger partial charge in [0, 0.05) is 23.5 Å². The van der Waals surface area contributed by atoms with Gasteiger partial charge in [0.15, 0.2) is 24.7 Å². The summed E-state index contributed by atoms with van der Waals surface area (Å²) >= 11 is 1.37. The molecule has 1 saturated heterocycles. The molecular formula is C25H24N6O5S. The number of aliphatic carboxylic acids is 1. The fraction of sp³-hybridized carbons (Fsp3) is 0.280. The number of aromatic nitrogens is 2. The van der Waals surface area contributed by atoms with Crippen LogP contribution in [0.1, 0.15) is 18.5 Å². The van der Waals surface area contributed by atoms with Crippen LogP contribution in [0.25, 0.3) is 0 Å². The largest absolute Gasteiger partial charge is 0.543 e. The van der Waals surface area contributed by atoms with E-state index in [0.29, 0.717) is 17.9 Å². The standard InChI is InChI=1S/C25H24N6O5S/c26-18-10-6-9-17(27-18)19(29-36-16-7-2-3-8-16)22(32)28-20-23(33)31-21(25(34)35)15(14-37-24(20)31)13-30-11-4-1-5-12-30/h1-2,4-7,9-12,16,20,24H,3,8,13-14H2,(H3-,26,27,28,32,34,35)/t16?,20?,24-/m1/s1. The van der Waals surface area contributed by atoms with E-state index < -0.39 is 29.2 Å². The highest BCUT2D eigenvalue weighted by molar-refractivity contribution is 8.00. The number of fused-ring (bicyclic) bond motifs is 1. The molecule has 2 amide bonds. The lowest BCUT2D eigenvalue weighted by molar-refractivity contribution is -0.689. The zero-order chi connectivity index (χ0) is 25.9. The van der Waals surface area contributed by atoms with Crippen LogP contribution in [0, 0.1) is 0 Å². The Morgan fingerprint density at radius 3 is 2.78 bits per heavy atom. The molecule has 2 aliphatic heterocycles. The number of nitrogens with one attached hydrogen (secondary N) is 1. The van der Waals surface area contributed by atoms with Crippen LogP contribution in [-0.4, -0.2) is 56.7 Å². The second kappa shape index (κ2) is 10.4. The van der Waals surface area contributed by atoms with Crippen molar-refractivity contribution in [1.82, 2.24) is 15.2 Å². The quantitative estimate of drug-likeness (QED) is 0.155. The number of thioether (sulfide) groups is 1. The van der Waals surface area contributed by atoms with Crippen LogP contribution < -0.4 is 20.7 Å². The summed E-state index contributed by atoms with van der Waals surface area (Å²) in [4.78, 5) is 49.2. The first-order valence-electron chi connectivity index (χ1n) is 11.7. The summed E-state index contributed by atoms with van der Waals surface area (Å²) in [5.74, 6) is -2.09. The number of nitrogens with two attached hydrogens (primary N) is 1. The number of anilines is 1. The average Bonchev–Trinajstić information content (AvgIpc) is 3.41. The molecule has 37 heavy (non-hydrogen) atoms. The van der Waals surface area contributed by atoms with Crippen LogP contribution in [0.4, 0.5) is 5.82 Å². The van der Waals surface area contributed by atoms with Gasteiger partial charge in [0.2, 0.25) is 0 Å². The Balaban J connectivity index is 1.35. The van der Waals surface area contributed by atoms with E-state index in [9.17, 15) is 19.5 Å². The monoisotopic (exact) mass is 520 g/mol. The van der Waals surface area contributed by atoms with E-state index in [1.54, 1.807) is 18.2 Å². The lowest BCUT2D eigenvalue weighted by atomic mass is 10.0. The Hall–Kier alpha value is -4.19. The molecule has 1 aliphatic carbocycles. The van der Waals surface area contributed by atoms with E-state index in [4.69, 9.17) is 10.6 Å². The molecule has 1 fully saturated rings. The summed E-state index contributed by atoms with van der Waals surface area (Å²) in [6.45, 7) is 0.301. The van der Waals surface area contributed by atoms with Crippen LogP contribution in [0.15, 0.2) is 77.4 Å². The molecule has 0 aromatic carbocycles. The van der Waals surface area contributed by atoms with Gasteiger partial charge in [-0.05, 0) is 31.1 Å². The average molecular weight is 521 g/mol. The number of rotatable bonds is 8. The zero-order valence-electron chi connectivity index (χ0n) is 19.6. The smallest absolute Gasteiger partial charge is 0.276 e. The number of carbonyl (C=O) groups excluding carboxylic acids is 3. The first-order valence-corrected chi connectivity index (χ1v) is 12.7. The van der Waals surface area contributed by atoms with Crippen molar-refractivity contribution in [3.8, 4) is 0 Å². The second-order valence-corrected chi connectivity index (χ2v) is 9.79. The number of pyridine rings is 2.